The quantitative estimate of drug-likeness (QED) is 0.301. The Labute approximate surface area is 192 Å². The van der Waals surface area contributed by atoms with Crippen molar-refractivity contribution in [3.05, 3.63) is 76.5 Å². The molecule has 5 aromatic rings. The Morgan fingerprint density at radius 3 is 2.81 bits per heavy atom. The number of H-pyrrole nitrogens is 1. The van der Waals surface area contributed by atoms with E-state index in [9.17, 15) is 4.79 Å². The summed E-state index contributed by atoms with van der Waals surface area (Å²) in [5, 5.41) is 3.42. The van der Waals surface area contributed by atoms with Crippen LogP contribution in [0.1, 0.15) is 36.9 Å². The number of thiophene rings is 1. The second kappa shape index (κ2) is 7.79. The number of benzene rings is 1. The molecule has 6 rings (SSSR count). The van der Waals surface area contributed by atoms with E-state index in [2.05, 4.69) is 40.7 Å². The molecule has 0 amide bonds. The van der Waals surface area contributed by atoms with Gasteiger partial charge in [-0.25, -0.2) is 9.97 Å². The van der Waals surface area contributed by atoms with E-state index in [0.29, 0.717) is 23.0 Å². The molecule has 0 radical (unpaired) electrons. The van der Waals surface area contributed by atoms with E-state index >= 15 is 0 Å². The van der Waals surface area contributed by atoms with Gasteiger partial charge in [0.15, 0.2) is 5.16 Å². The van der Waals surface area contributed by atoms with Gasteiger partial charge in [-0.1, -0.05) is 42.1 Å². The molecule has 1 aliphatic carbocycles. The first-order chi connectivity index (χ1) is 15.7. The van der Waals surface area contributed by atoms with Gasteiger partial charge >= 0.3 is 0 Å². The number of imidazole rings is 1. The van der Waals surface area contributed by atoms with Crippen LogP contribution in [0, 0.1) is 0 Å². The van der Waals surface area contributed by atoms with Gasteiger partial charge in [0.05, 0.1) is 28.8 Å². The fourth-order valence-corrected chi connectivity index (χ4v) is 5.87. The smallest absolute Gasteiger partial charge is 0.260 e. The van der Waals surface area contributed by atoms with Gasteiger partial charge in [-0.05, 0) is 37.5 Å². The molecule has 4 heterocycles. The SMILES string of the molecule is CC(Sc1ncc(-c2ccccc2)n1C1CC1)c1nc2scc(-c3ccco3)c2c(=O)[nH]1. The molecule has 1 aliphatic rings. The van der Waals surface area contributed by atoms with E-state index in [1.54, 1.807) is 18.0 Å². The molecule has 0 saturated heterocycles. The van der Waals surface area contributed by atoms with Crippen LogP contribution in [0.5, 0.6) is 0 Å². The van der Waals surface area contributed by atoms with Gasteiger partial charge in [-0.15, -0.1) is 11.3 Å². The first-order valence-corrected chi connectivity index (χ1v) is 12.3. The van der Waals surface area contributed by atoms with Crippen LogP contribution in [0.3, 0.4) is 0 Å². The number of hydrogen-bond acceptors (Lipinski definition) is 6. The molecule has 0 bridgehead atoms. The summed E-state index contributed by atoms with van der Waals surface area (Å²) in [5.74, 6) is 1.34. The molecule has 1 unspecified atom stereocenters. The van der Waals surface area contributed by atoms with Crippen molar-refractivity contribution in [2.75, 3.05) is 0 Å². The van der Waals surface area contributed by atoms with Gasteiger partial charge in [0, 0.05) is 17.0 Å². The van der Waals surface area contributed by atoms with E-state index < -0.39 is 0 Å². The molecular weight excluding hydrogens is 440 g/mol. The number of nitrogens with one attached hydrogen (secondary N) is 1. The number of rotatable bonds is 6. The molecule has 1 N–H and O–H groups in total. The van der Waals surface area contributed by atoms with Crippen LogP contribution >= 0.6 is 23.1 Å². The maximum atomic E-state index is 12.9. The zero-order valence-corrected chi connectivity index (χ0v) is 19.0. The minimum absolute atomic E-state index is 0.0511. The summed E-state index contributed by atoms with van der Waals surface area (Å²) in [5.41, 5.74) is 2.96. The summed E-state index contributed by atoms with van der Waals surface area (Å²) in [7, 11) is 0. The first kappa shape index (κ1) is 19.6. The monoisotopic (exact) mass is 460 g/mol. The van der Waals surface area contributed by atoms with Gasteiger partial charge < -0.3 is 14.0 Å². The zero-order chi connectivity index (χ0) is 21.7. The van der Waals surface area contributed by atoms with E-state index in [1.807, 2.05) is 29.8 Å². The third kappa shape index (κ3) is 3.40. The summed E-state index contributed by atoms with van der Waals surface area (Å²) in [6, 6.07) is 14.5. The number of fused-ring (bicyclic) bond motifs is 1. The van der Waals surface area contributed by atoms with Crippen LogP contribution in [0.15, 0.2) is 74.7 Å². The average molecular weight is 461 g/mol. The highest BCUT2D eigenvalue weighted by Crippen LogP contribution is 2.44. The van der Waals surface area contributed by atoms with E-state index in [-0.39, 0.29) is 10.8 Å². The molecule has 1 saturated carbocycles. The molecule has 1 atom stereocenters. The van der Waals surface area contributed by atoms with Crippen molar-refractivity contribution in [2.24, 2.45) is 0 Å². The Hall–Kier alpha value is -3.10. The molecule has 6 nitrogen and oxygen atoms in total. The lowest BCUT2D eigenvalue weighted by molar-refractivity contribution is 0.583. The number of aromatic amines is 1. The van der Waals surface area contributed by atoms with Crippen molar-refractivity contribution in [1.82, 2.24) is 19.5 Å². The highest BCUT2D eigenvalue weighted by Gasteiger charge is 2.30. The Kier molecular flexibility index (Phi) is 4.77. The Bertz CT molecular complexity index is 1450. The van der Waals surface area contributed by atoms with Crippen molar-refractivity contribution in [3.8, 4) is 22.6 Å². The normalized spacial score (nSPS) is 14.8. The van der Waals surface area contributed by atoms with Gasteiger partial charge in [-0.3, -0.25) is 4.79 Å². The second-order valence-corrected chi connectivity index (χ2v) is 10.1. The molecule has 1 fully saturated rings. The third-order valence-corrected chi connectivity index (χ3v) is 7.62. The van der Waals surface area contributed by atoms with Crippen LogP contribution in [0.4, 0.5) is 0 Å². The first-order valence-electron chi connectivity index (χ1n) is 10.5. The van der Waals surface area contributed by atoms with Gasteiger partial charge in [0.25, 0.3) is 5.56 Å². The summed E-state index contributed by atoms with van der Waals surface area (Å²) < 4.78 is 7.83. The van der Waals surface area contributed by atoms with Crippen molar-refractivity contribution in [1.29, 1.82) is 0 Å². The molecule has 1 aromatic carbocycles. The van der Waals surface area contributed by atoms with Crippen molar-refractivity contribution >= 4 is 33.3 Å². The number of hydrogen-bond donors (Lipinski definition) is 1. The van der Waals surface area contributed by atoms with E-state index in [1.165, 1.54) is 29.7 Å². The molecule has 4 aromatic heterocycles. The number of aromatic nitrogens is 4. The molecule has 160 valence electrons. The van der Waals surface area contributed by atoms with Crippen molar-refractivity contribution < 1.29 is 4.42 Å². The van der Waals surface area contributed by atoms with Crippen molar-refractivity contribution in [3.63, 3.8) is 0 Å². The fourth-order valence-electron chi connectivity index (χ4n) is 3.92. The van der Waals surface area contributed by atoms with E-state index in [4.69, 9.17) is 14.4 Å². The van der Waals surface area contributed by atoms with Crippen LogP contribution in [0.25, 0.3) is 32.8 Å². The summed E-state index contributed by atoms with van der Waals surface area (Å²) in [6.45, 7) is 2.06. The highest BCUT2D eigenvalue weighted by molar-refractivity contribution is 7.99. The standard InChI is InChI=1S/C24H20N4O2S2/c1-14(21-26-22(29)20-17(13-31-23(20)27-21)19-8-5-11-30-19)32-24-25-12-18(28(24)16-9-10-16)15-6-3-2-4-7-15/h2-8,11-14,16H,9-10H2,1H3,(H,26,27,29). The maximum absolute atomic E-state index is 12.9. The number of nitrogens with zero attached hydrogens (tertiary/aromatic N) is 3. The Balaban J connectivity index is 1.34. The lowest BCUT2D eigenvalue weighted by Gasteiger charge is -2.14. The Morgan fingerprint density at radius 1 is 1.22 bits per heavy atom. The third-order valence-electron chi connectivity index (χ3n) is 5.66. The second-order valence-electron chi connectivity index (χ2n) is 7.91. The van der Waals surface area contributed by atoms with Crippen molar-refractivity contribution in [2.45, 2.75) is 36.2 Å². The van der Waals surface area contributed by atoms with Crippen LogP contribution < -0.4 is 5.56 Å². The predicted octanol–water partition coefficient (Wildman–Crippen LogP) is 6.30. The maximum Gasteiger partial charge on any atom is 0.260 e. The average Bonchev–Trinajstić information content (AvgIpc) is 3.19. The topological polar surface area (TPSA) is 76.7 Å². The molecular formula is C24H20N4O2S2. The molecule has 8 heteroatoms. The molecule has 32 heavy (non-hydrogen) atoms. The lowest BCUT2D eigenvalue weighted by atomic mass is 10.2. The zero-order valence-electron chi connectivity index (χ0n) is 17.3. The van der Waals surface area contributed by atoms with Gasteiger partial charge in [0.2, 0.25) is 0 Å². The number of furan rings is 1. The molecule has 0 spiro atoms. The molecule has 0 aliphatic heterocycles. The van der Waals surface area contributed by atoms with Crippen LogP contribution in [-0.4, -0.2) is 19.5 Å². The predicted molar refractivity (Wildman–Crippen MR) is 128 cm³/mol. The Morgan fingerprint density at radius 2 is 2.06 bits per heavy atom. The lowest BCUT2D eigenvalue weighted by Crippen LogP contribution is -2.12. The van der Waals surface area contributed by atoms with Crippen LogP contribution in [-0.2, 0) is 0 Å². The van der Waals surface area contributed by atoms with Gasteiger partial charge in [0.1, 0.15) is 16.4 Å². The van der Waals surface area contributed by atoms with E-state index in [0.717, 1.165) is 21.2 Å². The minimum atomic E-state index is -0.138. The fraction of sp³-hybridized carbons (Fsp3) is 0.208. The number of thioether (sulfide) groups is 1. The summed E-state index contributed by atoms with van der Waals surface area (Å²) >= 11 is 3.10. The van der Waals surface area contributed by atoms with Gasteiger partial charge in [-0.2, -0.15) is 0 Å². The summed E-state index contributed by atoms with van der Waals surface area (Å²) in [4.78, 5) is 26.2. The minimum Gasteiger partial charge on any atom is -0.464 e. The highest BCUT2D eigenvalue weighted by atomic mass is 32.2. The summed E-state index contributed by atoms with van der Waals surface area (Å²) in [6.07, 6.45) is 5.91. The largest absolute Gasteiger partial charge is 0.464 e. The van der Waals surface area contributed by atoms with Crippen LogP contribution in [0.2, 0.25) is 0 Å².